The van der Waals surface area contributed by atoms with Crippen LogP contribution in [-0.2, 0) is 14.3 Å². The Morgan fingerprint density at radius 2 is 1.00 bits per heavy atom. The molecule has 0 aromatic rings. The molecule has 0 bridgehead atoms. The van der Waals surface area contributed by atoms with Gasteiger partial charge in [0.05, 0.1) is 25.4 Å². The van der Waals surface area contributed by atoms with E-state index in [-0.39, 0.29) is 12.8 Å². The van der Waals surface area contributed by atoms with E-state index in [0.29, 0.717) is 19.3 Å². The van der Waals surface area contributed by atoms with Crippen LogP contribution in [0.1, 0.15) is 200 Å². The van der Waals surface area contributed by atoms with Gasteiger partial charge in [-0.3, -0.25) is 4.79 Å². The van der Waals surface area contributed by atoms with Crippen molar-refractivity contribution in [1.29, 1.82) is 0 Å². The Labute approximate surface area is 389 Å². The molecule has 1 fully saturated rings. The first kappa shape index (κ1) is 59.8. The third kappa shape index (κ3) is 30.9. The average molecular weight is 906 g/mol. The van der Waals surface area contributed by atoms with Gasteiger partial charge >= 0.3 is 0 Å². The summed E-state index contributed by atoms with van der Waals surface area (Å²) in [6, 6.07) is -1.23. The van der Waals surface area contributed by atoms with Gasteiger partial charge < -0.3 is 50.5 Å². The van der Waals surface area contributed by atoms with Crippen LogP contribution in [-0.4, -0.2) is 110 Å². The van der Waals surface area contributed by atoms with E-state index in [4.69, 9.17) is 9.47 Å². The number of unbranched alkanes of at least 4 members (excludes halogenated alkanes) is 21. The number of carbonyl (C=O) groups is 1. The van der Waals surface area contributed by atoms with Gasteiger partial charge in [0.15, 0.2) is 6.29 Å². The quantitative estimate of drug-likeness (QED) is 0.0216. The van der Waals surface area contributed by atoms with Crippen molar-refractivity contribution >= 4 is 5.91 Å². The average Bonchev–Trinajstić information content (AvgIpc) is 3.29. The highest BCUT2D eigenvalue weighted by molar-refractivity contribution is 5.81. The molecule has 1 aliphatic heterocycles. The van der Waals surface area contributed by atoms with Crippen molar-refractivity contribution < 1.29 is 50.0 Å². The zero-order chi connectivity index (χ0) is 46.9. The topological polar surface area (TPSA) is 189 Å². The molecule has 64 heavy (non-hydrogen) atoms. The standard InChI is InChI=1S/C53H95NO10/c1-3-5-7-9-11-13-15-17-18-19-20-21-22-23-24-25-26-27-28-29-31-32-34-36-38-40-45(56)48(58)44(43-63-53-51(61)50(60)49(59)47(42-55)64-53)54-52(62)46(57)41-39-37-35-33-30-16-14-12-10-8-6-4-2/h23-24,27-28,30,32-34,37,39,44-51,53,55-61H,3-22,25-26,29,31,35-36,38,40-43H2,1-2H3,(H,54,62)/b24-23+,28-27+,33-30-,34-32+,39-37-. The Balaban J connectivity index is 2.42. The van der Waals surface area contributed by atoms with Crippen LogP contribution in [0.5, 0.6) is 0 Å². The highest BCUT2D eigenvalue weighted by atomic mass is 16.7. The van der Waals surface area contributed by atoms with Crippen LogP contribution in [0.4, 0.5) is 0 Å². The number of carbonyl (C=O) groups excluding carboxylic acids is 1. The minimum Gasteiger partial charge on any atom is -0.394 e. The Morgan fingerprint density at radius 1 is 0.562 bits per heavy atom. The normalized spacial score (nSPS) is 21.5. The van der Waals surface area contributed by atoms with Crippen LogP contribution >= 0.6 is 0 Å². The second-order valence-electron chi connectivity index (χ2n) is 17.9. The zero-order valence-electron chi connectivity index (χ0n) is 40.2. The molecule has 1 heterocycles. The van der Waals surface area contributed by atoms with E-state index in [9.17, 15) is 40.5 Å². The van der Waals surface area contributed by atoms with Crippen molar-refractivity contribution in [2.75, 3.05) is 13.2 Å². The molecule has 1 amide bonds. The zero-order valence-corrected chi connectivity index (χ0v) is 40.2. The fourth-order valence-corrected chi connectivity index (χ4v) is 7.75. The maximum Gasteiger partial charge on any atom is 0.249 e. The van der Waals surface area contributed by atoms with E-state index in [2.05, 4.69) is 67.8 Å². The van der Waals surface area contributed by atoms with Crippen molar-refractivity contribution in [3.05, 3.63) is 60.8 Å². The third-order valence-electron chi connectivity index (χ3n) is 12.0. The van der Waals surface area contributed by atoms with E-state index in [0.717, 1.165) is 38.5 Å². The lowest BCUT2D eigenvalue weighted by Gasteiger charge is -2.40. The summed E-state index contributed by atoms with van der Waals surface area (Å²) in [4.78, 5) is 13.0. The molecule has 8 N–H and O–H groups in total. The van der Waals surface area contributed by atoms with Gasteiger partial charge in [-0.05, 0) is 77.0 Å². The Hall–Kier alpha value is -2.19. The van der Waals surface area contributed by atoms with Gasteiger partial charge in [0, 0.05) is 6.42 Å². The molecular formula is C53H95NO10. The summed E-state index contributed by atoms with van der Waals surface area (Å²) in [6.07, 6.45) is 41.6. The van der Waals surface area contributed by atoms with Crippen LogP contribution in [0, 0.1) is 0 Å². The van der Waals surface area contributed by atoms with E-state index >= 15 is 0 Å². The highest BCUT2D eigenvalue weighted by Gasteiger charge is 2.44. The number of amides is 1. The largest absolute Gasteiger partial charge is 0.394 e. The first-order valence-electron chi connectivity index (χ1n) is 25.7. The van der Waals surface area contributed by atoms with Crippen molar-refractivity contribution in [1.82, 2.24) is 5.32 Å². The van der Waals surface area contributed by atoms with Crippen molar-refractivity contribution in [2.45, 2.75) is 255 Å². The summed E-state index contributed by atoms with van der Waals surface area (Å²) < 4.78 is 11.1. The lowest BCUT2D eigenvalue weighted by molar-refractivity contribution is -0.303. The van der Waals surface area contributed by atoms with E-state index in [1.807, 2.05) is 6.08 Å². The second-order valence-corrected chi connectivity index (χ2v) is 17.9. The number of hydrogen-bond acceptors (Lipinski definition) is 10. The number of aliphatic hydroxyl groups is 7. The SMILES string of the molecule is CCCCCCCC/C=C\C/C=C\CC(O)C(=O)NC(COC1OC(CO)C(O)C(O)C1O)C(O)C(O)CCC/C=C/CC/C=C/CC/C=C/CCCCCCCCCCCCCC. The molecule has 0 aromatic heterocycles. The van der Waals surface area contributed by atoms with Gasteiger partial charge in [0.1, 0.15) is 36.6 Å². The summed E-state index contributed by atoms with van der Waals surface area (Å²) in [5.41, 5.74) is 0. The Bertz CT molecular complexity index is 1220. The number of aliphatic hydroxyl groups excluding tert-OH is 7. The number of ether oxygens (including phenoxy) is 2. The van der Waals surface area contributed by atoms with Crippen LogP contribution in [0.15, 0.2) is 60.8 Å². The molecule has 0 aliphatic carbocycles. The number of hydrogen-bond donors (Lipinski definition) is 8. The summed E-state index contributed by atoms with van der Waals surface area (Å²) in [5, 5.41) is 75.6. The molecule has 11 heteroatoms. The third-order valence-corrected chi connectivity index (χ3v) is 12.0. The Kier molecular flexibility index (Phi) is 39.4. The van der Waals surface area contributed by atoms with Crippen molar-refractivity contribution in [3.8, 4) is 0 Å². The molecule has 11 nitrogen and oxygen atoms in total. The number of rotatable bonds is 42. The summed E-state index contributed by atoms with van der Waals surface area (Å²) in [7, 11) is 0. The molecule has 372 valence electrons. The summed E-state index contributed by atoms with van der Waals surface area (Å²) in [5.74, 6) is -0.782. The van der Waals surface area contributed by atoms with E-state index in [1.54, 1.807) is 6.08 Å². The molecule has 0 aromatic carbocycles. The molecule has 1 saturated heterocycles. The van der Waals surface area contributed by atoms with E-state index < -0.39 is 74.2 Å². The first-order valence-corrected chi connectivity index (χ1v) is 25.7. The monoisotopic (exact) mass is 906 g/mol. The molecular weight excluding hydrogens is 811 g/mol. The fourth-order valence-electron chi connectivity index (χ4n) is 7.75. The lowest BCUT2D eigenvalue weighted by atomic mass is 9.99. The van der Waals surface area contributed by atoms with Crippen LogP contribution < -0.4 is 5.32 Å². The summed E-state index contributed by atoms with van der Waals surface area (Å²) >= 11 is 0. The minimum atomic E-state index is -1.69. The minimum absolute atomic E-state index is 0.0368. The summed E-state index contributed by atoms with van der Waals surface area (Å²) in [6.45, 7) is 3.36. The number of nitrogens with one attached hydrogen (secondary N) is 1. The maximum atomic E-state index is 13.0. The van der Waals surface area contributed by atoms with Crippen LogP contribution in [0.3, 0.4) is 0 Å². The lowest BCUT2D eigenvalue weighted by Crippen LogP contribution is -2.60. The predicted octanol–water partition coefficient (Wildman–Crippen LogP) is 9.50. The fraction of sp³-hybridized carbons (Fsp3) is 0.792. The van der Waals surface area contributed by atoms with Gasteiger partial charge in [0.2, 0.25) is 5.91 Å². The maximum absolute atomic E-state index is 13.0. The van der Waals surface area contributed by atoms with E-state index in [1.165, 1.54) is 116 Å². The first-order chi connectivity index (χ1) is 31.2. The molecule has 1 aliphatic rings. The number of allylic oxidation sites excluding steroid dienone is 9. The molecule has 0 radical (unpaired) electrons. The predicted molar refractivity (Wildman–Crippen MR) is 261 cm³/mol. The molecule has 9 atom stereocenters. The second kappa shape index (κ2) is 42.2. The molecule has 0 saturated carbocycles. The van der Waals surface area contributed by atoms with Gasteiger partial charge in [0.25, 0.3) is 0 Å². The van der Waals surface area contributed by atoms with Gasteiger partial charge in [-0.1, -0.05) is 177 Å². The van der Waals surface area contributed by atoms with Gasteiger partial charge in [-0.15, -0.1) is 0 Å². The molecule has 9 unspecified atom stereocenters. The van der Waals surface area contributed by atoms with Crippen LogP contribution in [0.25, 0.3) is 0 Å². The highest BCUT2D eigenvalue weighted by Crippen LogP contribution is 2.23. The molecule has 0 spiro atoms. The Morgan fingerprint density at radius 3 is 1.50 bits per heavy atom. The van der Waals surface area contributed by atoms with Crippen molar-refractivity contribution in [2.24, 2.45) is 0 Å². The van der Waals surface area contributed by atoms with Gasteiger partial charge in [-0.2, -0.15) is 0 Å². The van der Waals surface area contributed by atoms with Crippen LogP contribution in [0.2, 0.25) is 0 Å². The van der Waals surface area contributed by atoms with Crippen molar-refractivity contribution in [3.63, 3.8) is 0 Å². The van der Waals surface area contributed by atoms with Gasteiger partial charge in [-0.25, -0.2) is 0 Å². The smallest absolute Gasteiger partial charge is 0.249 e. The molecule has 1 rings (SSSR count).